The Hall–Kier alpha value is -3.00. The molecule has 0 unspecified atom stereocenters. The van der Waals surface area contributed by atoms with Crippen LogP contribution in [0.15, 0.2) is 56.5 Å². The van der Waals surface area contributed by atoms with Gasteiger partial charge in [0, 0.05) is 4.90 Å². The van der Waals surface area contributed by atoms with E-state index < -0.39 is 5.97 Å². The maximum absolute atomic E-state index is 12.5. The summed E-state index contributed by atoms with van der Waals surface area (Å²) in [6.07, 6.45) is 1.56. The number of hydrogen-bond acceptors (Lipinski definition) is 7. The van der Waals surface area contributed by atoms with Crippen molar-refractivity contribution in [2.45, 2.75) is 31.9 Å². The molecule has 146 valence electrons. The lowest BCUT2D eigenvalue weighted by molar-refractivity contribution is -0.118. The van der Waals surface area contributed by atoms with E-state index in [4.69, 9.17) is 13.7 Å². The summed E-state index contributed by atoms with van der Waals surface area (Å²) in [4.78, 5) is 25.2. The van der Waals surface area contributed by atoms with E-state index in [9.17, 15) is 9.59 Å². The zero-order valence-electron chi connectivity index (χ0n) is 15.6. The van der Waals surface area contributed by atoms with Gasteiger partial charge in [-0.1, -0.05) is 17.3 Å². The topological polar surface area (TPSA) is 94.6 Å². The van der Waals surface area contributed by atoms with Gasteiger partial charge < -0.3 is 19.0 Å². The molecular weight excluding hydrogens is 380 g/mol. The molecule has 1 N–H and O–H groups in total. The van der Waals surface area contributed by atoms with Gasteiger partial charge in [0.2, 0.25) is 5.91 Å². The molecule has 0 aliphatic heterocycles. The molecule has 8 heteroatoms. The smallest absolute Gasteiger partial charge is 0.339 e. The number of thioether (sulfide) groups is 1. The third-order valence-corrected chi connectivity index (χ3v) is 5.11. The highest BCUT2D eigenvalue weighted by atomic mass is 32.2. The number of carbonyl (C=O) groups excluding carboxylic acids is 2. The fourth-order valence-corrected chi connectivity index (χ4v) is 3.35. The van der Waals surface area contributed by atoms with Crippen LogP contribution in [-0.4, -0.2) is 22.8 Å². The van der Waals surface area contributed by atoms with Crippen molar-refractivity contribution in [2.24, 2.45) is 0 Å². The van der Waals surface area contributed by atoms with Gasteiger partial charge in [-0.25, -0.2) is 4.79 Å². The van der Waals surface area contributed by atoms with E-state index in [1.54, 1.807) is 50.4 Å². The van der Waals surface area contributed by atoms with E-state index in [1.165, 1.54) is 11.8 Å². The summed E-state index contributed by atoms with van der Waals surface area (Å²) in [5.74, 6) is 0.872. The minimum atomic E-state index is -0.459. The van der Waals surface area contributed by atoms with Gasteiger partial charge in [0.1, 0.15) is 18.1 Å². The normalized spacial score (nSPS) is 10.6. The zero-order valence-corrected chi connectivity index (χ0v) is 16.4. The Labute approximate surface area is 166 Å². The molecule has 0 atom stereocenters. The number of aryl methyl sites for hydroxylation is 2. The van der Waals surface area contributed by atoms with Crippen molar-refractivity contribution in [2.75, 3.05) is 5.75 Å². The third kappa shape index (κ3) is 5.04. The first-order chi connectivity index (χ1) is 13.5. The highest BCUT2D eigenvalue weighted by Gasteiger charge is 2.17. The lowest BCUT2D eigenvalue weighted by Gasteiger charge is -2.09. The summed E-state index contributed by atoms with van der Waals surface area (Å²) in [5.41, 5.74) is 1.87. The SMILES string of the molecule is Cc1noc(C)c1COC(=O)c1ccccc1SCC(=O)NCc1ccco1. The molecule has 2 aromatic heterocycles. The van der Waals surface area contributed by atoms with Gasteiger partial charge in [0.05, 0.1) is 35.4 Å². The number of nitrogens with zero attached hydrogens (tertiary/aromatic N) is 1. The summed E-state index contributed by atoms with van der Waals surface area (Å²) in [6, 6.07) is 10.6. The Morgan fingerprint density at radius 2 is 2.00 bits per heavy atom. The Morgan fingerprint density at radius 3 is 2.71 bits per heavy atom. The molecule has 1 aromatic carbocycles. The first kappa shape index (κ1) is 19.8. The number of benzene rings is 1. The lowest BCUT2D eigenvalue weighted by Crippen LogP contribution is -2.24. The number of aromatic nitrogens is 1. The van der Waals surface area contributed by atoms with Gasteiger partial charge in [-0.05, 0) is 38.1 Å². The van der Waals surface area contributed by atoms with Gasteiger partial charge in [0.25, 0.3) is 0 Å². The predicted octanol–water partition coefficient (Wildman–Crippen LogP) is 3.65. The molecule has 0 bridgehead atoms. The van der Waals surface area contributed by atoms with E-state index in [2.05, 4.69) is 10.5 Å². The van der Waals surface area contributed by atoms with Gasteiger partial charge >= 0.3 is 5.97 Å². The van der Waals surface area contributed by atoms with Crippen molar-refractivity contribution in [3.8, 4) is 0 Å². The van der Waals surface area contributed by atoms with Crippen LogP contribution in [-0.2, 0) is 22.7 Å². The fourth-order valence-electron chi connectivity index (χ4n) is 2.48. The Morgan fingerprint density at radius 1 is 1.18 bits per heavy atom. The molecule has 0 aliphatic rings. The van der Waals surface area contributed by atoms with Crippen LogP contribution in [0.3, 0.4) is 0 Å². The number of rotatable bonds is 8. The van der Waals surface area contributed by atoms with E-state index in [0.717, 1.165) is 5.56 Å². The zero-order chi connectivity index (χ0) is 19.9. The largest absolute Gasteiger partial charge is 0.467 e. The average molecular weight is 400 g/mol. The Bertz CT molecular complexity index is 930. The van der Waals surface area contributed by atoms with E-state index in [0.29, 0.717) is 34.2 Å². The molecule has 28 heavy (non-hydrogen) atoms. The summed E-state index contributed by atoms with van der Waals surface area (Å²) < 4.78 is 15.7. The quantitative estimate of drug-likeness (QED) is 0.455. The molecule has 0 aliphatic carbocycles. The van der Waals surface area contributed by atoms with Crippen LogP contribution in [0.2, 0.25) is 0 Å². The molecule has 0 radical (unpaired) electrons. The van der Waals surface area contributed by atoms with Crippen molar-refractivity contribution in [1.82, 2.24) is 10.5 Å². The van der Waals surface area contributed by atoms with Crippen LogP contribution in [0.4, 0.5) is 0 Å². The monoisotopic (exact) mass is 400 g/mol. The second-order valence-corrected chi connectivity index (χ2v) is 7.04. The second-order valence-electron chi connectivity index (χ2n) is 6.02. The van der Waals surface area contributed by atoms with Gasteiger partial charge in [-0.15, -0.1) is 11.8 Å². The van der Waals surface area contributed by atoms with Crippen molar-refractivity contribution >= 4 is 23.6 Å². The molecule has 3 rings (SSSR count). The van der Waals surface area contributed by atoms with Crippen molar-refractivity contribution in [3.05, 3.63) is 71.0 Å². The van der Waals surface area contributed by atoms with Crippen LogP contribution in [0.1, 0.15) is 33.1 Å². The summed E-state index contributed by atoms with van der Waals surface area (Å²) in [5, 5.41) is 6.62. The maximum atomic E-state index is 12.5. The standard InChI is InChI=1S/C20H20N2O5S/c1-13-17(14(2)27-22-13)11-26-20(24)16-7-3-4-8-18(16)28-12-19(23)21-10-15-6-5-9-25-15/h3-9H,10-12H2,1-2H3,(H,21,23). The first-order valence-electron chi connectivity index (χ1n) is 8.64. The molecule has 0 saturated carbocycles. The van der Waals surface area contributed by atoms with Gasteiger partial charge in [0.15, 0.2) is 0 Å². The molecule has 7 nitrogen and oxygen atoms in total. The molecule has 2 heterocycles. The molecular formula is C20H20N2O5S. The molecule has 0 spiro atoms. The highest BCUT2D eigenvalue weighted by molar-refractivity contribution is 8.00. The first-order valence-corrected chi connectivity index (χ1v) is 9.63. The maximum Gasteiger partial charge on any atom is 0.339 e. The number of nitrogens with one attached hydrogen (secondary N) is 1. The number of furan rings is 1. The van der Waals surface area contributed by atoms with Crippen LogP contribution in [0, 0.1) is 13.8 Å². The van der Waals surface area contributed by atoms with Crippen LogP contribution in [0.25, 0.3) is 0 Å². The van der Waals surface area contributed by atoms with Crippen LogP contribution >= 0.6 is 11.8 Å². The number of ether oxygens (including phenoxy) is 1. The van der Waals surface area contributed by atoms with Crippen molar-refractivity contribution < 1.29 is 23.3 Å². The average Bonchev–Trinajstić information content (AvgIpc) is 3.33. The molecule has 3 aromatic rings. The Balaban J connectivity index is 1.56. The third-order valence-electron chi connectivity index (χ3n) is 4.03. The van der Waals surface area contributed by atoms with E-state index in [1.807, 2.05) is 6.07 Å². The summed E-state index contributed by atoms with van der Waals surface area (Å²) in [7, 11) is 0. The number of hydrogen-bond donors (Lipinski definition) is 1. The van der Waals surface area contributed by atoms with Gasteiger partial charge in [-0.3, -0.25) is 4.79 Å². The summed E-state index contributed by atoms with van der Waals surface area (Å²) >= 11 is 1.28. The number of esters is 1. The Kier molecular flexibility index (Phi) is 6.54. The second kappa shape index (κ2) is 9.27. The number of amides is 1. The van der Waals surface area contributed by atoms with Crippen LogP contribution < -0.4 is 5.32 Å². The molecule has 1 amide bonds. The lowest BCUT2D eigenvalue weighted by atomic mass is 10.2. The van der Waals surface area contributed by atoms with Crippen LogP contribution in [0.5, 0.6) is 0 Å². The minimum Gasteiger partial charge on any atom is -0.467 e. The fraction of sp³-hybridized carbons (Fsp3) is 0.250. The predicted molar refractivity (Wildman–Crippen MR) is 103 cm³/mol. The van der Waals surface area contributed by atoms with E-state index in [-0.39, 0.29) is 18.3 Å². The molecule has 0 fully saturated rings. The van der Waals surface area contributed by atoms with Crippen molar-refractivity contribution in [3.63, 3.8) is 0 Å². The van der Waals surface area contributed by atoms with Gasteiger partial charge in [-0.2, -0.15) is 0 Å². The highest BCUT2D eigenvalue weighted by Crippen LogP contribution is 2.24. The number of carbonyl (C=O) groups is 2. The molecule has 0 saturated heterocycles. The van der Waals surface area contributed by atoms with E-state index >= 15 is 0 Å². The van der Waals surface area contributed by atoms with Crippen molar-refractivity contribution in [1.29, 1.82) is 0 Å². The summed E-state index contributed by atoms with van der Waals surface area (Å²) in [6.45, 7) is 3.98. The minimum absolute atomic E-state index is 0.0859.